The minimum atomic E-state index is -1.15. The lowest BCUT2D eigenvalue weighted by Gasteiger charge is -2.14. The van der Waals surface area contributed by atoms with E-state index in [1.54, 1.807) is 24.4 Å². The first kappa shape index (κ1) is 19.1. The van der Waals surface area contributed by atoms with Gasteiger partial charge in [-0.2, -0.15) is 0 Å². The van der Waals surface area contributed by atoms with Crippen molar-refractivity contribution in [3.05, 3.63) is 69.8 Å². The van der Waals surface area contributed by atoms with Gasteiger partial charge in [-0.05, 0) is 29.3 Å². The number of carboxylic acids is 1. The molecule has 3 N–H and O–H groups in total. The smallest absolute Gasteiger partial charge is 0.408 e. The number of aromatic amines is 1. The molecule has 1 heterocycles. The maximum atomic E-state index is 12.0. The number of nitrogens with one attached hydrogen (secondary N) is 2. The van der Waals surface area contributed by atoms with Crippen molar-refractivity contribution < 1.29 is 19.4 Å². The Morgan fingerprint density at radius 1 is 1.15 bits per heavy atom. The number of ether oxygens (including phenoxy) is 1. The Labute approximate surface area is 165 Å². The quantitative estimate of drug-likeness (QED) is 0.565. The first-order valence-electron chi connectivity index (χ1n) is 8.09. The second-order valence-electron chi connectivity index (χ2n) is 5.92. The molecule has 0 saturated heterocycles. The van der Waals surface area contributed by atoms with Gasteiger partial charge in [0.2, 0.25) is 0 Å². The second-order valence-corrected chi connectivity index (χ2v) is 6.74. The number of hydrogen-bond donors (Lipinski definition) is 3. The van der Waals surface area contributed by atoms with E-state index >= 15 is 0 Å². The standard InChI is InChI=1S/C19H16Cl2N2O4/c20-14-6-5-11(7-15(14)21)10-27-19(26)23-17(18(24)25)8-12-9-22-16-4-2-1-3-13(12)16/h1-7,9,17,22H,8,10H2,(H,23,26)(H,24,25)/t17-/m0/s1. The molecule has 3 rings (SSSR count). The number of benzene rings is 2. The molecule has 27 heavy (non-hydrogen) atoms. The molecular formula is C19H16Cl2N2O4. The summed E-state index contributed by atoms with van der Waals surface area (Å²) in [6.07, 6.45) is 1.04. The molecule has 0 aliphatic heterocycles. The Morgan fingerprint density at radius 3 is 2.67 bits per heavy atom. The normalized spacial score (nSPS) is 11.9. The van der Waals surface area contributed by atoms with Crippen molar-refractivity contribution in [2.75, 3.05) is 0 Å². The highest BCUT2D eigenvalue weighted by atomic mass is 35.5. The van der Waals surface area contributed by atoms with Crippen molar-refractivity contribution in [3.8, 4) is 0 Å². The molecule has 1 aromatic heterocycles. The summed E-state index contributed by atoms with van der Waals surface area (Å²) in [6, 6.07) is 11.3. The van der Waals surface area contributed by atoms with Crippen molar-refractivity contribution in [3.63, 3.8) is 0 Å². The van der Waals surface area contributed by atoms with Crippen molar-refractivity contribution in [1.82, 2.24) is 10.3 Å². The van der Waals surface area contributed by atoms with Crippen LogP contribution in [0, 0.1) is 0 Å². The molecule has 0 saturated carbocycles. The summed E-state index contributed by atoms with van der Waals surface area (Å²) in [5.74, 6) is -1.15. The molecule has 1 amide bonds. The zero-order valence-corrected chi connectivity index (χ0v) is 15.6. The molecule has 0 fully saturated rings. The van der Waals surface area contributed by atoms with Crippen LogP contribution < -0.4 is 5.32 Å². The minimum Gasteiger partial charge on any atom is -0.480 e. The summed E-state index contributed by atoms with van der Waals surface area (Å²) in [7, 11) is 0. The van der Waals surface area contributed by atoms with E-state index in [0.717, 1.165) is 16.5 Å². The van der Waals surface area contributed by atoms with Crippen LogP contribution in [-0.2, 0) is 22.6 Å². The molecular weight excluding hydrogens is 391 g/mol. The van der Waals surface area contributed by atoms with E-state index in [2.05, 4.69) is 10.3 Å². The van der Waals surface area contributed by atoms with E-state index in [4.69, 9.17) is 27.9 Å². The van der Waals surface area contributed by atoms with Gasteiger partial charge in [0, 0.05) is 23.5 Å². The Kier molecular flexibility index (Phi) is 5.88. The second kappa shape index (κ2) is 8.33. The highest BCUT2D eigenvalue weighted by Gasteiger charge is 2.22. The Balaban J connectivity index is 1.62. The van der Waals surface area contributed by atoms with Gasteiger partial charge in [0.15, 0.2) is 0 Å². The number of aliphatic carboxylic acids is 1. The highest BCUT2D eigenvalue weighted by Crippen LogP contribution is 2.23. The number of alkyl carbamates (subject to hydrolysis) is 1. The Bertz CT molecular complexity index is 987. The fraction of sp³-hybridized carbons (Fsp3) is 0.158. The number of rotatable bonds is 6. The molecule has 2 aromatic carbocycles. The molecule has 0 radical (unpaired) electrons. The van der Waals surface area contributed by atoms with Gasteiger partial charge in [0.1, 0.15) is 12.6 Å². The van der Waals surface area contributed by atoms with Gasteiger partial charge >= 0.3 is 12.1 Å². The number of fused-ring (bicyclic) bond motifs is 1. The fourth-order valence-electron chi connectivity index (χ4n) is 2.68. The number of amides is 1. The summed E-state index contributed by atoms with van der Waals surface area (Å²) in [5, 5.41) is 13.5. The zero-order valence-electron chi connectivity index (χ0n) is 14.0. The lowest BCUT2D eigenvalue weighted by atomic mass is 10.1. The van der Waals surface area contributed by atoms with Crippen LogP contribution in [-0.4, -0.2) is 28.2 Å². The molecule has 3 aromatic rings. The monoisotopic (exact) mass is 406 g/mol. The van der Waals surface area contributed by atoms with Gasteiger partial charge < -0.3 is 20.1 Å². The van der Waals surface area contributed by atoms with Gasteiger partial charge in [-0.1, -0.05) is 47.5 Å². The number of carboxylic acid groups (broad SMARTS) is 1. The van der Waals surface area contributed by atoms with Crippen LogP contribution >= 0.6 is 23.2 Å². The maximum Gasteiger partial charge on any atom is 0.408 e. The van der Waals surface area contributed by atoms with Crippen LogP contribution in [0.1, 0.15) is 11.1 Å². The first-order valence-corrected chi connectivity index (χ1v) is 8.84. The van der Waals surface area contributed by atoms with Crippen LogP contribution in [0.3, 0.4) is 0 Å². The minimum absolute atomic E-state index is 0.0534. The number of halogens is 2. The fourth-order valence-corrected chi connectivity index (χ4v) is 3.00. The van der Waals surface area contributed by atoms with Crippen molar-refractivity contribution in [1.29, 1.82) is 0 Å². The van der Waals surface area contributed by atoms with Crippen molar-refractivity contribution in [2.45, 2.75) is 19.1 Å². The van der Waals surface area contributed by atoms with E-state index in [1.807, 2.05) is 24.3 Å². The highest BCUT2D eigenvalue weighted by molar-refractivity contribution is 6.42. The van der Waals surface area contributed by atoms with Crippen molar-refractivity contribution >= 4 is 46.2 Å². The molecule has 6 nitrogen and oxygen atoms in total. The molecule has 1 atom stereocenters. The number of H-pyrrole nitrogens is 1. The lowest BCUT2D eigenvalue weighted by molar-refractivity contribution is -0.139. The summed E-state index contributed by atoms with van der Waals surface area (Å²) < 4.78 is 5.09. The molecule has 8 heteroatoms. The van der Waals surface area contributed by atoms with E-state index in [0.29, 0.717) is 15.6 Å². The zero-order chi connectivity index (χ0) is 19.4. The summed E-state index contributed by atoms with van der Waals surface area (Å²) in [4.78, 5) is 26.6. The summed E-state index contributed by atoms with van der Waals surface area (Å²) in [5.41, 5.74) is 2.34. The average Bonchev–Trinajstić information content (AvgIpc) is 3.05. The van der Waals surface area contributed by atoms with E-state index in [9.17, 15) is 14.7 Å². The largest absolute Gasteiger partial charge is 0.480 e. The van der Waals surface area contributed by atoms with Crippen LogP contribution in [0.15, 0.2) is 48.7 Å². The molecule has 0 spiro atoms. The average molecular weight is 407 g/mol. The van der Waals surface area contributed by atoms with E-state index in [1.165, 1.54) is 0 Å². The molecule has 0 aliphatic rings. The number of aromatic nitrogens is 1. The number of carbonyl (C=O) groups excluding carboxylic acids is 1. The Morgan fingerprint density at radius 2 is 1.93 bits per heavy atom. The topological polar surface area (TPSA) is 91.4 Å². The third-order valence-electron chi connectivity index (χ3n) is 4.04. The maximum absolute atomic E-state index is 12.0. The van der Waals surface area contributed by atoms with Gasteiger partial charge in [-0.15, -0.1) is 0 Å². The Hall–Kier alpha value is -2.70. The van der Waals surface area contributed by atoms with Crippen LogP contribution in [0.2, 0.25) is 10.0 Å². The SMILES string of the molecule is O=C(N[C@@H](Cc1c[nH]c2ccccc12)C(=O)O)OCc1ccc(Cl)c(Cl)c1. The first-order chi connectivity index (χ1) is 12.9. The van der Waals surface area contributed by atoms with Crippen molar-refractivity contribution in [2.24, 2.45) is 0 Å². The number of hydrogen-bond acceptors (Lipinski definition) is 3. The van der Waals surface area contributed by atoms with Gasteiger partial charge in [0.05, 0.1) is 10.0 Å². The predicted octanol–water partition coefficient (Wildman–Crippen LogP) is 4.40. The predicted molar refractivity (Wildman–Crippen MR) is 103 cm³/mol. The molecule has 140 valence electrons. The summed E-state index contributed by atoms with van der Waals surface area (Å²) >= 11 is 11.7. The molecule has 0 unspecified atom stereocenters. The van der Waals surface area contributed by atoms with E-state index < -0.39 is 18.1 Å². The van der Waals surface area contributed by atoms with Gasteiger partial charge in [-0.3, -0.25) is 0 Å². The third kappa shape index (κ3) is 4.72. The van der Waals surface area contributed by atoms with Gasteiger partial charge in [-0.25, -0.2) is 9.59 Å². The van der Waals surface area contributed by atoms with E-state index in [-0.39, 0.29) is 13.0 Å². The van der Waals surface area contributed by atoms with Crippen LogP contribution in [0.25, 0.3) is 10.9 Å². The van der Waals surface area contributed by atoms with Crippen LogP contribution in [0.4, 0.5) is 4.79 Å². The number of carbonyl (C=O) groups is 2. The third-order valence-corrected chi connectivity index (χ3v) is 4.78. The van der Waals surface area contributed by atoms with Crippen LogP contribution in [0.5, 0.6) is 0 Å². The lowest BCUT2D eigenvalue weighted by Crippen LogP contribution is -2.42. The molecule has 0 aliphatic carbocycles. The van der Waals surface area contributed by atoms with Gasteiger partial charge in [0.25, 0.3) is 0 Å². The molecule has 0 bridgehead atoms. The summed E-state index contributed by atoms with van der Waals surface area (Å²) in [6.45, 7) is -0.0534. The number of para-hydroxylation sites is 1.